The summed E-state index contributed by atoms with van der Waals surface area (Å²) in [6, 6.07) is 8.88. The minimum Gasteiger partial charge on any atom is -0.490 e. The van der Waals surface area contributed by atoms with Crippen molar-refractivity contribution in [2.45, 2.75) is 12.7 Å². The lowest BCUT2D eigenvalue weighted by Gasteiger charge is -2.12. The Morgan fingerprint density at radius 3 is 2.59 bits per heavy atom. The number of nitrogens with one attached hydrogen (secondary N) is 2. The van der Waals surface area contributed by atoms with Gasteiger partial charge in [-0.15, -0.1) is 0 Å². The average Bonchev–Trinajstić information content (AvgIpc) is 2.61. The van der Waals surface area contributed by atoms with Gasteiger partial charge in [0.1, 0.15) is 12.4 Å². The quantitative estimate of drug-likeness (QED) is 0.660. The summed E-state index contributed by atoms with van der Waals surface area (Å²) < 4.78 is 48.4. The molecule has 0 bridgehead atoms. The second-order valence-corrected chi connectivity index (χ2v) is 5.90. The van der Waals surface area contributed by atoms with Crippen LogP contribution in [0.1, 0.15) is 11.1 Å². The Morgan fingerprint density at radius 2 is 1.93 bits per heavy atom. The van der Waals surface area contributed by atoms with Gasteiger partial charge >= 0.3 is 12.2 Å². The molecule has 0 aliphatic carbocycles. The number of ether oxygens (including phenoxy) is 2. The van der Waals surface area contributed by atoms with Crippen molar-refractivity contribution in [2.24, 2.45) is 0 Å². The Bertz CT molecular complexity index is 785. The van der Waals surface area contributed by atoms with Crippen LogP contribution in [0.5, 0.6) is 5.75 Å². The summed E-state index contributed by atoms with van der Waals surface area (Å²) in [6.07, 6.45) is -4.43. The van der Waals surface area contributed by atoms with Crippen molar-refractivity contribution in [3.63, 3.8) is 0 Å². The highest BCUT2D eigenvalue weighted by Crippen LogP contribution is 2.29. The number of amides is 2. The summed E-state index contributed by atoms with van der Waals surface area (Å²) in [5.74, 6) is 0.448. The smallest absolute Gasteiger partial charge is 0.416 e. The van der Waals surface area contributed by atoms with E-state index in [-0.39, 0.29) is 6.54 Å². The van der Waals surface area contributed by atoms with Crippen molar-refractivity contribution in [3.05, 3.63) is 58.6 Å². The molecule has 0 aromatic heterocycles. The highest BCUT2D eigenvalue weighted by Gasteiger charge is 2.30. The Morgan fingerprint density at radius 1 is 1.15 bits per heavy atom. The zero-order valence-corrected chi connectivity index (χ0v) is 15.2. The van der Waals surface area contributed by atoms with Crippen LogP contribution in [0, 0.1) is 0 Å². The zero-order valence-electron chi connectivity index (χ0n) is 14.4. The van der Waals surface area contributed by atoms with Gasteiger partial charge < -0.3 is 20.1 Å². The summed E-state index contributed by atoms with van der Waals surface area (Å²) in [6.45, 7) is 0.691. The largest absolute Gasteiger partial charge is 0.490 e. The lowest BCUT2D eigenvalue weighted by Crippen LogP contribution is -2.28. The van der Waals surface area contributed by atoms with E-state index in [0.717, 1.165) is 12.1 Å². The Kier molecular flexibility index (Phi) is 7.32. The molecule has 2 rings (SSSR count). The number of halogens is 4. The first-order valence-electron chi connectivity index (χ1n) is 7.92. The van der Waals surface area contributed by atoms with Crippen molar-refractivity contribution >= 4 is 23.3 Å². The number of methoxy groups -OCH3 is 1. The highest BCUT2D eigenvalue weighted by atomic mass is 35.5. The van der Waals surface area contributed by atoms with Crippen LogP contribution in [-0.4, -0.2) is 26.4 Å². The molecule has 27 heavy (non-hydrogen) atoms. The lowest BCUT2D eigenvalue weighted by atomic mass is 10.1. The number of rotatable bonds is 7. The molecule has 2 N–H and O–H groups in total. The molecule has 0 aliphatic rings. The zero-order chi connectivity index (χ0) is 19.9. The van der Waals surface area contributed by atoms with Crippen LogP contribution < -0.4 is 15.4 Å². The summed E-state index contributed by atoms with van der Waals surface area (Å²) in [4.78, 5) is 11.9. The first-order valence-corrected chi connectivity index (χ1v) is 8.29. The molecule has 0 unspecified atom stereocenters. The molecule has 0 fully saturated rings. The van der Waals surface area contributed by atoms with Crippen LogP contribution in [-0.2, 0) is 17.5 Å². The second-order valence-electron chi connectivity index (χ2n) is 5.49. The van der Waals surface area contributed by atoms with Crippen molar-refractivity contribution in [3.8, 4) is 5.75 Å². The van der Waals surface area contributed by atoms with Gasteiger partial charge in [0.05, 0.1) is 17.2 Å². The van der Waals surface area contributed by atoms with Crippen molar-refractivity contribution in [1.82, 2.24) is 5.32 Å². The maximum absolute atomic E-state index is 12.7. The Labute approximate surface area is 159 Å². The maximum Gasteiger partial charge on any atom is 0.416 e. The Balaban J connectivity index is 1.90. The third-order valence-corrected chi connectivity index (χ3v) is 3.74. The molecule has 2 aromatic rings. The molecular weight excluding hydrogens is 385 g/mol. The van der Waals surface area contributed by atoms with Crippen LogP contribution in [0.4, 0.5) is 23.7 Å². The normalized spacial score (nSPS) is 11.1. The fourth-order valence-electron chi connectivity index (χ4n) is 2.15. The van der Waals surface area contributed by atoms with E-state index in [1.165, 1.54) is 18.2 Å². The summed E-state index contributed by atoms with van der Waals surface area (Å²) in [7, 11) is 1.55. The molecule has 0 saturated carbocycles. The van der Waals surface area contributed by atoms with Crippen LogP contribution in [0.3, 0.4) is 0 Å². The number of urea groups is 1. The van der Waals surface area contributed by atoms with E-state index >= 15 is 0 Å². The standard InChI is InChI=1S/C18H18ClF3N2O3/c1-26-7-8-27-16-6-5-14(10-15(16)19)24-17(25)23-11-12-3-2-4-13(9-12)18(20,21)22/h2-6,9-10H,7-8,11H2,1H3,(H2,23,24,25). The molecule has 0 aliphatic heterocycles. The fourth-order valence-corrected chi connectivity index (χ4v) is 2.38. The fraction of sp³-hybridized carbons (Fsp3) is 0.278. The summed E-state index contributed by atoms with van der Waals surface area (Å²) in [5, 5.41) is 5.36. The SMILES string of the molecule is COCCOc1ccc(NC(=O)NCc2cccc(C(F)(F)F)c2)cc1Cl. The number of carbonyl (C=O) groups excluding carboxylic acids is 1. The molecule has 0 saturated heterocycles. The molecule has 146 valence electrons. The van der Waals surface area contributed by atoms with E-state index in [0.29, 0.717) is 35.2 Å². The average molecular weight is 403 g/mol. The van der Waals surface area contributed by atoms with Crippen molar-refractivity contribution in [2.75, 3.05) is 25.6 Å². The van der Waals surface area contributed by atoms with Gasteiger partial charge in [-0.05, 0) is 35.9 Å². The number of benzene rings is 2. The number of anilines is 1. The lowest BCUT2D eigenvalue weighted by molar-refractivity contribution is -0.137. The molecule has 2 aromatic carbocycles. The predicted octanol–water partition coefficient (Wildman–Crippen LogP) is 4.71. The molecule has 0 radical (unpaired) electrons. The van der Waals surface area contributed by atoms with Gasteiger partial charge in [-0.3, -0.25) is 0 Å². The van der Waals surface area contributed by atoms with Crippen molar-refractivity contribution < 1.29 is 27.4 Å². The number of hydrogen-bond donors (Lipinski definition) is 2. The number of carbonyl (C=O) groups is 1. The first-order chi connectivity index (χ1) is 12.8. The van der Waals surface area contributed by atoms with Gasteiger partial charge in [-0.2, -0.15) is 13.2 Å². The molecule has 0 atom stereocenters. The van der Waals surface area contributed by atoms with E-state index in [4.69, 9.17) is 21.1 Å². The van der Waals surface area contributed by atoms with Crippen LogP contribution >= 0.6 is 11.6 Å². The van der Waals surface area contributed by atoms with E-state index in [1.54, 1.807) is 19.2 Å². The molecule has 9 heteroatoms. The van der Waals surface area contributed by atoms with Gasteiger partial charge in [-0.1, -0.05) is 23.7 Å². The maximum atomic E-state index is 12.7. The third-order valence-electron chi connectivity index (χ3n) is 3.44. The Hall–Kier alpha value is -2.45. The van der Waals surface area contributed by atoms with Gasteiger partial charge in [0.15, 0.2) is 0 Å². The van der Waals surface area contributed by atoms with E-state index < -0.39 is 17.8 Å². The van der Waals surface area contributed by atoms with Crippen molar-refractivity contribution in [1.29, 1.82) is 0 Å². The topological polar surface area (TPSA) is 59.6 Å². The van der Waals surface area contributed by atoms with Gasteiger partial charge in [0.2, 0.25) is 0 Å². The third kappa shape index (κ3) is 6.65. The summed E-state index contributed by atoms with van der Waals surface area (Å²) >= 11 is 6.08. The molecule has 5 nitrogen and oxygen atoms in total. The molecule has 0 heterocycles. The van der Waals surface area contributed by atoms with Gasteiger partial charge in [-0.25, -0.2) is 4.79 Å². The highest BCUT2D eigenvalue weighted by molar-refractivity contribution is 6.32. The minimum atomic E-state index is -4.43. The van der Waals surface area contributed by atoms with Gasteiger partial charge in [0, 0.05) is 19.3 Å². The molecular formula is C18H18ClF3N2O3. The number of alkyl halides is 3. The van der Waals surface area contributed by atoms with E-state index in [9.17, 15) is 18.0 Å². The minimum absolute atomic E-state index is 0.0539. The first kappa shape index (κ1) is 20.9. The monoisotopic (exact) mass is 402 g/mol. The van der Waals surface area contributed by atoms with Crippen LogP contribution in [0.2, 0.25) is 5.02 Å². The predicted molar refractivity (Wildman–Crippen MR) is 96.1 cm³/mol. The van der Waals surface area contributed by atoms with E-state index in [1.807, 2.05) is 0 Å². The van der Waals surface area contributed by atoms with Crippen LogP contribution in [0.15, 0.2) is 42.5 Å². The van der Waals surface area contributed by atoms with E-state index in [2.05, 4.69) is 10.6 Å². The van der Waals surface area contributed by atoms with Gasteiger partial charge in [0.25, 0.3) is 0 Å². The summed E-state index contributed by atoms with van der Waals surface area (Å²) in [5.41, 5.74) is -0.0152. The molecule has 2 amide bonds. The molecule has 0 spiro atoms. The van der Waals surface area contributed by atoms with Crippen LogP contribution in [0.25, 0.3) is 0 Å². The number of hydrogen-bond acceptors (Lipinski definition) is 3. The second kappa shape index (κ2) is 9.48.